The number of aromatic nitrogens is 1. The smallest absolute Gasteiger partial charge is 0.211 e. The molecule has 7 heteroatoms. The summed E-state index contributed by atoms with van der Waals surface area (Å²) in [5, 5.41) is 0.496. The van der Waals surface area contributed by atoms with E-state index in [1.54, 1.807) is 43.6 Å². The number of rotatable bonds is 6. The van der Waals surface area contributed by atoms with Gasteiger partial charge in [0.05, 0.1) is 25.6 Å². The van der Waals surface area contributed by atoms with Crippen LogP contribution in [0.15, 0.2) is 42.6 Å². The van der Waals surface area contributed by atoms with E-state index in [-0.39, 0.29) is 13.1 Å². The van der Waals surface area contributed by atoms with Gasteiger partial charge in [-0.15, -0.1) is 0 Å². The van der Waals surface area contributed by atoms with E-state index in [0.717, 1.165) is 0 Å². The van der Waals surface area contributed by atoms with Crippen molar-refractivity contribution in [3.8, 4) is 5.75 Å². The Morgan fingerprint density at radius 1 is 1.23 bits per heavy atom. The topological polar surface area (TPSA) is 59.5 Å². The molecule has 22 heavy (non-hydrogen) atoms. The maximum atomic E-state index is 12.0. The molecule has 0 N–H and O–H groups in total. The highest BCUT2D eigenvalue weighted by atomic mass is 35.5. The van der Waals surface area contributed by atoms with E-state index in [4.69, 9.17) is 16.3 Å². The van der Waals surface area contributed by atoms with Crippen molar-refractivity contribution in [1.82, 2.24) is 9.29 Å². The van der Waals surface area contributed by atoms with Crippen LogP contribution < -0.4 is 4.74 Å². The summed E-state index contributed by atoms with van der Waals surface area (Å²) in [5.74, 6) is 0.630. The van der Waals surface area contributed by atoms with Gasteiger partial charge in [0, 0.05) is 17.8 Å². The van der Waals surface area contributed by atoms with Crippen LogP contribution in [-0.2, 0) is 23.1 Å². The Bertz CT molecular complexity index is 736. The Labute approximate surface area is 135 Å². The molecule has 0 aliphatic rings. The molecule has 0 amide bonds. The number of methoxy groups -OCH3 is 1. The molecule has 0 bridgehead atoms. The van der Waals surface area contributed by atoms with E-state index in [1.165, 1.54) is 10.6 Å². The largest absolute Gasteiger partial charge is 0.497 e. The molecule has 0 aliphatic carbocycles. The summed E-state index contributed by atoms with van der Waals surface area (Å²) in [4.78, 5) is 4.17. The van der Waals surface area contributed by atoms with Gasteiger partial charge in [0.2, 0.25) is 10.0 Å². The van der Waals surface area contributed by atoms with Crippen molar-refractivity contribution in [3.63, 3.8) is 0 Å². The molecule has 118 valence electrons. The quantitative estimate of drug-likeness (QED) is 0.811. The minimum absolute atomic E-state index is 0.158. The van der Waals surface area contributed by atoms with Gasteiger partial charge >= 0.3 is 0 Å². The maximum Gasteiger partial charge on any atom is 0.211 e. The summed E-state index contributed by atoms with van der Waals surface area (Å²) in [6.45, 7) is 0.346. The fourth-order valence-corrected chi connectivity index (χ4v) is 2.87. The third-order valence-corrected chi connectivity index (χ3v) is 4.70. The van der Waals surface area contributed by atoms with Crippen molar-refractivity contribution in [2.45, 2.75) is 13.1 Å². The van der Waals surface area contributed by atoms with Crippen molar-refractivity contribution < 1.29 is 13.2 Å². The molecular formula is C15H17ClN2O3S. The van der Waals surface area contributed by atoms with Gasteiger partial charge in [-0.2, -0.15) is 4.31 Å². The molecule has 0 radical (unpaired) electrons. The van der Waals surface area contributed by atoms with E-state index in [2.05, 4.69) is 4.98 Å². The molecule has 0 spiro atoms. The highest BCUT2D eigenvalue weighted by Gasteiger charge is 2.19. The molecule has 2 aromatic rings. The molecule has 1 heterocycles. The first kappa shape index (κ1) is 16.7. The van der Waals surface area contributed by atoms with Gasteiger partial charge in [0.15, 0.2) is 0 Å². The molecule has 0 saturated carbocycles. The number of benzene rings is 1. The first-order valence-electron chi connectivity index (χ1n) is 6.57. The van der Waals surface area contributed by atoms with Crippen LogP contribution in [0.4, 0.5) is 0 Å². The maximum absolute atomic E-state index is 12.0. The zero-order chi connectivity index (χ0) is 16.2. The van der Waals surface area contributed by atoms with Gasteiger partial charge in [-0.05, 0) is 35.9 Å². The molecule has 0 fully saturated rings. The van der Waals surface area contributed by atoms with Gasteiger partial charge in [-0.1, -0.05) is 17.7 Å². The predicted octanol–water partition coefficient (Wildman–Crippen LogP) is 2.71. The first-order valence-corrected chi connectivity index (χ1v) is 8.80. The van der Waals surface area contributed by atoms with Gasteiger partial charge in [0.25, 0.3) is 0 Å². The van der Waals surface area contributed by atoms with Crippen molar-refractivity contribution in [1.29, 1.82) is 0 Å². The molecule has 5 nitrogen and oxygen atoms in total. The summed E-state index contributed by atoms with van der Waals surface area (Å²) in [7, 11) is -1.85. The Kier molecular flexibility index (Phi) is 5.39. The summed E-state index contributed by atoms with van der Waals surface area (Å²) in [5.41, 5.74) is 1.36. The average Bonchev–Trinajstić information content (AvgIpc) is 2.48. The normalized spacial score (nSPS) is 11.6. The number of sulfonamides is 1. The van der Waals surface area contributed by atoms with Crippen LogP contribution >= 0.6 is 11.6 Å². The standard InChI is InChI=1S/C15H17ClN2O3S/c1-21-14-6-7-15(16)12(9-14)10-18(22(2,19)20)11-13-5-3-4-8-17-13/h3-9H,10-11H2,1-2H3. The van der Waals surface area contributed by atoms with E-state index in [9.17, 15) is 8.42 Å². The van der Waals surface area contributed by atoms with Crippen LogP contribution in [0, 0.1) is 0 Å². The fraction of sp³-hybridized carbons (Fsp3) is 0.267. The Hall–Kier alpha value is -1.63. The third kappa shape index (κ3) is 4.43. The third-order valence-electron chi connectivity index (χ3n) is 3.13. The summed E-state index contributed by atoms with van der Waals surface area (Å²) < 4.78 is 30.5. The number of pyridine rings is 1. The zero-order valence-electron chi connectivity index (χ0n) is 12.4. The average molecular weight is 341 g/mol. The van der Waals surface area contributed by atoms with E-state index in [1.807, 2.05) is 6.07 Å². The minimum atomic E-state index is -3.40. The predicted molar refractivity (Wildman–Crippen MR) is 86.3 cm³/mol. The van der Waals surface area contributed by atoms with Crippen LogP contribution in [0.3, 0.4) is 0 Å². The Morgan fingerprint density at radius 2 is 2.00 bits per heavy atom. The molecule has 1 aromatic heterocycles. The molecule has 0 saturated heterocycles. The highest BCUT2D eigenvalue weighted by molar-refractivity contribution is 7.88. The van der Waals surface area contributed by atoms with Gasteiger partial charge < -0.3 is 4.74 Å². The lowest BCUT2D eigenvalue weighted by atomic mass is 10.2. The lowest BCUT2D eigenvalue weighted by Gasteiger charge is -2.20. The second-order valence-electron chi connectivity index (χ2n) is 4.81. The molecular weight excluding hydrogens is 324 g/mol. The van der Waals surface area contributed by atoms with E-state index >= 15 is 0 Å². The summed E-state index contributed by atoms with van der Waals surface area (Å²) in [6.07, 6.45) is 2.80. The van der Waals surface area contributed by atoms with Gasteiger partial charge in [-0.25, -0.2) is 8.42 Å². The second kappa shape index (κ2) is 7.09. The lowest BCUT2D eigenvalue weighted by molar-refractivity contribution is 0.395. The molecule has 0 atom stereocenters. The second-order valence-corrected chi connectivity index (χ2v) is 7.20. The Morgan fingerprint density at radius 3 is 2.59 bits per heavy atom. The van der Waals surface area contributed by atoms with Crippen LogP contribution in [-0.4, -0.2) is 31.1 Å². The van der Waals surface area contributed by atoms with E-state index in [0.29, 0.717) is 22.0 Å². The first-order chi connectivity index (χ1) is 10.4. The van der Waals surface area contributed by atoms with Crippen molar-refractivity contribution in [2.24, 2.45) is 0 Å². The number of hydrogen-bond donors (Lipinski definition) is 0. The molecule has 0 aliphatic heterocycles. The van der Waals surface area contributed by atoms with Crippen molar-refractivity contribution >= 4 is 21.6 Å². The zero-order valence-corrected chi connectivity index (χ0v) is 13.9. The number of nitrogens with zero attached hydrogens (tertiary/aromatic N) is 2. The van der Waals surface area contributed by atoms with Crippen molar-refractivity contribution in [2.75, 3.05) is 13.4 Å². The SMILES string of the molecule is COc1ccc(Cl)c(CN(Cc2ccccn2)S(C)(=O)=O)c1. The minimum Gasteiger partial charge on any atom is -0.497 e. The summed E-state index contributed by atoms with van der Waals surface area (Å²) >= 11 is 6.16. The number of ether oxygens (including phenoxy) is 1. The number of halogens is 1. The molecule has 0 unspecified atom stereocenters. The van der Waals surface area contributed by atoms with Crippen LogP contribution in [0.25, 0.3) is 0 Å². The fourth-order valence-electron chi connectivity index (χ4n) is 1.95. The number of hydrogen-bond acceptors (Lipinski definition) is 4. The lowest BCUT2D eigenvalue weighted by Crippen LogP contribution is -2.29. The monoisotopic (exact) mass is 340 g/mol. The van der Waals surface area contributed by atoms with Crippen LogP contribution in [0.1, 0.15) is 11.3 Å². The highest BCUT2D eigenvalue weighted by Crippen LogP contribution is 2.24. The molecule has 1 aromatic carbocycles. The van der Waals surface area contributed by atoms with Crippen molar-refractivity contribution in [3.05, 3.63) is 58.9 Å². The molecule has 2 rings (SSSR count). The van der Waals surface area contributed by atoms with Gasteiger partial charge in [0.1, 0.15) is 5.75 Å². The Balaban J connectivity index is 2.28. The van der Waals surface area contributed by atoms with Crippen LogP contribution in [0.2, 0.25) is 5.02 Å². The van der Waals surface area contributed by atoms with E-state index < -0.39 is 10.0 Å². The van der Waals surface area contributed by atoms with Gasteiger partial charge in [-0.3, -0.25) is 4.98 Å². The summed E-state index contributed by atoms with van der Waals surface area (Å²) in [6, 6.07) is 10.5. The van der Waals surface area contributed by atoms with Crippen LogP contribution in [0.5, 0.6) is 5.75 Å².